The molecule has 0 fully saturated rings. The molecule has 0 aliphatic rings. The van der Waals surface area contributed by atoms with Crippen LogP contribution in [-0.2, 0) is 14.3 Å². The third kappa shape index (κ3) is 10.2. The molecular weight excluding hydrogens is 454 g/mol. The van der Waals surface area contributed by atoms with Crippen LogP contribution in [0, 0.1) is 0 Å². The minimum absolute atomic E-state index is 0.0428. The Morgan fingerprint density at radius 3 is 2.21 bits per heavy atom. The van der Waals surface area contributed by atoms with Gasteiger partial charge in [-0.3, -0.25) is 9.59 Å². The van der Waals surface area contributed by atoms with Crippen LogP contribution >= 0.6 is 12.6 Å². The first kappa shape index (κ1) is 29.6. The van der Waals surface area contributed by atoms with Crippen molar-refractivity contribution >= 4 is 30.5 Å². The SMILES string of the molecule is CCCCCNC(=O)C(c1ccc(O)cc1)N(CCCC)C(=O)C(CS)NC(=O)OC(C)(C)C. The van der Waals surface area contributed by atoms with Gasteiger partial charge < -0.3 is 25.4 Å². The van der Waals surface area contributed by atoms with E-state index >= 15 is 0 Å². The fourth-order valence-electron chi connectivity index (χ4n) is 3.34. The molecule has 3 N–H and O–H groups in total. The van der Waals surface area contributed by atoms with Crippen LogP contribution in [0.25, 0.3) is 0 Å². The van der Waals surface area contributed by atoms with E-state index in [1.165, 1.54) is 17.0 Å². The number of carbonyl (C=O) groups is 3. The van der Waals surface area contributed by atoms with E-state index in [0.717, 1.165) is 25.7 Å². The Hall–Kier alpha value is -2.42. The fraction of sp³-hybridized carbons (Fsp3) is 0.640. The molecule has 9 heteroatoms. The molecule has 0 heterocycles. The van der Waals surface area contributed by atoms with E-state index in [0.29, 0.717) is 25.1 Å². The number of hydrogen-bond acceptors (Lipinski definition) is 6. The number of aromatic hydroxyl groups is 1. The Balaban J connectivity index is 3.26. The van der Waals surface area contributed by atoms with Crippen molar-refractivity contribution in [2.24, 2.45) is 0 Å². The maximum absolute atomic E-state index is 13.6. The Bertz CT molecular complexity index is 780. The minimum Gasteiger partial charge on any atom is -0.508 e. The van der Waals surface area contributed by atoms with Crippen molar-refractivity contribution in [1.82, 2.24) is 15.5 Å². The molecule has 0 saturated heterocycles. The van der Waals surface area contributed by atoms with Crippen LogP contribution < -0.4 is 10.6 Å². The average Bonchev–Trinajstić information content (AvgIpc) is 2.77. The Morgan fingerprint density at radius 1 is 1.06 bits per heavy atom. The molecular formula is C25H41N3O5S. The number of alkyl carbamates (subject to hydrolysis) is 1. The lowest BCUT2D eigenvalue weighted by molar-refractivity contribution is -0.142. The van der Waals surface area contributed by atoms with Crippen molar-refractivity contribution in [2.75, 3.05) is 18.8 Å². The zero-order chi connectivity index (χ0) is 25.7. The van der Waals surface area contributed by atoms with E-state index in [4.69, 9.17) is 4.74 Å². The monoisotopic (exact) mass is 495 g/mol. The maximum atomic E-state index is 13.6. The quantitative estimate of drug-likeness (QED) is 0.242. The molecule has 2 atom stereocenters. The molecule has 1 rings (SSSR count). The van der Waals surface area contributed by atoms with Gasteiger partial charge in [-0.25, -0.2) is 4.79 Å². The topological polar surface area (TPSA) is 108 Å². The maximum Gasteiger partial charge on any atom is 0.408 e. The lowest BCUT2D eigenvalue weighted by atomic mass is 10.0. The predicted molar refractivity (Wildman–Crippen MR) is 137 cm³/mol. The number of phenols is 1. The number of hydrogen-bond donors (Lipinski definition) is 4. The van der Waals surface area contributed by atoms with Gasteiger partial charge in [0.05, 0.1) is 0 Å². The van der Waals surface area contributed by atoms with Crippen LogP contribution in [0.5, 0.6) is 5.75 Å². The van der Waals surface area contributed by atoms with Gasteiger partial charge in [0.25, 0.3) is 0 Å². The highest BCUT2D eigenvalue weighted by molar-refractivity contribution is 7.80. The van der Waals surface area contributed by atoms with E-state index in [9.17, 15) is 19.5 Å². The first-order valence-electron chi connectivity index (χ1n) is 12.0. The van der Waals surface area contributed by atoms with Crippen LogP contribution in [0.1, 0.15) is 78.3 Å². The molecule has 3 amide bonds. The van der Waals surface area contributed by atoms with Gasteiger partial charge >= 0.3 is 6.09 Å². The van der Waals surface area contributed by atoms with E-state index in [2.05, 4.69) is 30.2 Å². The molecule has 0 aliphatic carbocycles. The highest BCUT2D eigenvalue weighted by atomic mass is 32.1. The average molecular weight is 496 g/mol. The van der Waals surface area contributed by atoms with Gasteiger partial charge in [-0.15, -0.1) is 0 Å². The summed E-state index contributed by atoms with van der Waals surface area (Å²) in [6, 6.07) is 4.37. The number of thiol groups is 1. The summed E-state index contributed by atoms with van der Waals surface area (Å²) in [5.41, 5.74) is -0.145. The lowest BCUT2D eigenvalue weighted by Crippen LogP contribution is -2.54. The van der Waals surface area contributed by atoms with Gasteiger partial charge in [0, 0.05) is 18.8 Å². The second kappa shape index (κ2) is 14.8. The van der Waals surface area contributed by atoms with E-state index in [1.807, 2.05) is 6.92 Å². The first-order valence-corrected chi connectivity index (χ1v) is 12.6. The summed E-state index contributed by atoms with van der Waals surface area (Å²) in [7, 11) is 0. The van der Waals surface area contributed by atoms with Gasteiger partial charge in [-0.2, -0.15) is 12.6 Å². The molecule has 2 unspecified atom stereocenters. The normalized spacial score (nSPS) is 13.0. The van der Waals surface area contributed by atoms with E-state index in [1.54, 1.807) is 32.9 Å². The Morgan fingerprint density at radius 2 is 1.68 bits per heavy atom. The van der Waals surface area contributed by atoms with Crippen molar-refractivity contribution < 1.29 is 24.2 Å². The van der Waals surface area contributed by atoms with Gasteiger partial charge in [-0.1, -0.05) is 45.2 Å². The number of ether oxygens (including phenoxy) is 1. The van der Waals surface area contributed by atoms with Crippen LogP contribution in [0.2, 0.25) is 0 Å². The highest BCUT2D eigenvalue weighted by Gasteiger charge is 2.35. The van der Waals surface area contributed by atoms with Gasteiger partial charge in [0.2, 0.25) is 11.8 Å². The summed E-state index contributed by atoms with van der Waals surface area (Å²) >= 11 is 4.28. The molecule has 0 saturated carbocycles. The molecule has 192 valence electrons. The zero-order valence-corrected chi connectivity index (χ0v) is 22.0. The van der Waals surface area contributed by atoms with Crippen molar-refractivity contribution in [3.63, 3.8) is 0 Å². The second-order valence-corrected chi connectivity index (χ2v) is 9.62. The Kier molecular flexibility index (Phi) is 12.9. The van der Waals surface area contributed by atoms with Crippen LogP contribution in [0.15, 0.2) is 24.3 Å². The molecule has 1 aromatic rings. The summed E-state index contributed by atoms with van der Waals surface area (Å²) in [6.07, 6.45) is 3.63. The molecule has 1 aromatic carbocycles. The van der Waals surface area contributed by atoms with Crippen LogP contribution in [0.4, 0.5) is 4.79 Å². The highest BCUT2D eigenvalue weighted by Crippen LogP contribution is 2.25. The summed E-state index contributed by atoms with van der Waals surface area (Å²) in [6.45, 7) is 10.1. The molecule has 0 aliphatic heterocycles. The minimum atomic E-state index is -0.970. The number of nitrogens with one attached hydrogen (secondary N) is 2. The van der Waals surface area contributed by atoms with Crippen LogP contribution in [-0.4, -0.2) is 58.4 Å². The summed E-state index contributed by atoms with van der Waals surface area (Å²) in [5.74, 6) is -0.615. The number of nitrogens with zero attached hydrogens (tertiary/aromatic N) is 1. The smallest absolute Gasteiger partial charge is 0.408 e. The predicted octanol–water partition coefficient (Wildman–Crippen LogP) is 4.19. The number of carbonyl (C=O) groups excluding carboxylic acids is 3. The van der Waals surface area contributed by atoms with Gasteiger partial charge in [0.1, 0.15) is 23.4 Å². The molecule has 0 spiro atoms. The first-order chi connectivity index (χ1) is 16.0. The van der Waals surface area contributed by atoms with E-state index < -0.39 is 29.7 Å². The molecule has 8 nitrogen and oxygen atoms in total. The van der Waals surface area contributed by atoms with Gasteiger partial charge in [-0.05, 0) is 51.3 Å². The summed E-state index contributed by atoms with van der Waals surface area (Å²) in [5, 5.41) is 15.3. The second-order valence-electron chi connectivity index (χ2n) is 9.26. The van der Waals surface area contributed by atoms with Gasteiger partial charge in [0.15, 0.2) is 0 Å². The van der Waals surface area contributed by atoms with Crippen molar-refractivity contribution in [2.45, 2.75) is 84.4 Å². The van der Waals surface area contributed by atoms with Crippen molar-refractivity contribution in [3.05, 3.63) is 29.8 Å². The van der Waals surface area contributed by atoms with Crippen molar-refractivity contribution in [1.29, 1.82) is 0 Å². The summed E-state index contributed by atoms with van der Waals surface area (Å²) < 4.78 is 5.30. The van der Waals surface area contributed by atoms with Crippen molar-refractivity contribution in [3.8, 4) is 5.75 Å². The Labute approximate surface area is 209 Å². The number of amides is 3. The van der Waals surface area contributed by atoms with E-state index in [-0.39, 0.29) is 17.4 Å². The standard InChI is InChI=1S/C25H41N3O5S/c1-6-8-10-15-26-22(30)21(18-11-13-19(29)14-12-18)28(16-9-7-2)23(31)20(17-34)27-24(32)33-25(3,4)5/h11-14,20-21,29,34H,6-10,15-17H2,1-5H3,(H,26,30)(H,27,32). The molecule has 0 aromatic heterocycles. The zero-order valence-electron chi connectivity index (χ0n) is 21.1. The largest absolute Gasteiger partial charge is 0.508 e. The number of unbranched alkanes of at least 4 members (excludes halogenated alkanes) is 3. The summed E-state index contributed by atoms with van der Waals surface area (Å²) in [4.78, 5) is 40.8. The lowest BCUT2D eigenvalue weighted by Gasteiger charge is -2.34. The fourth-order valence-corrected chi connectivity index (χ4v) is 3.59. The number of benzene rings is 1. The third-order valence-corrected chi connectivity index (χ3v) is 5.42. The molecule has 0 bridgehead atoms. The van der Waals surface area contributed by atoms with Crippen LogP contribution in [0.3, 0.4) is 0 Å². The number of phenolic OH excluding ortho intramolecular Hbond substituents is 1. The molecule has 34 heavy (non-hydrogen) atoms. The molecule has 0 radical (unpaired) electrons. The number of rotatable bonds is 13. The third-order valence-electron chi connectivity index (χ3n) is 5.06.